The molecule has 4 aromatic heterocycles. The lowest BCUT2D eigenvalue weighted by molar-refractivity contribution is -0.140. The van der Waals surface area contributed by atoms with Crippen LogP contribution in [0.2, 0.25) is 0 Å². The van der Waals surface area contributed by atoms with Gasteiger partial charge in [-0.1, -0.05) is 54.6 Å². The predicted octanol–water partition coefficient (Wildman–Crippen LogP) is 5.71. The number of ether oxygens (including phenoxy) is 5. The molecule has 0 radical (unpaired) electrons. The lowest BCUT2D eigenvalue weighted by Gasteiger charge is -2.38. The van der Waals surface area contributed by atoms with E-state index >= 15 is 0 Å². The molecule has 2 amide bonds. The minimum Gasteiger partial charge on any atom is -0.491 e. The third-order valence-corrected chi connectivity index (χ3v) is 10.7. The number of benzene rings is 3. The molecule has 1 N–H and O–H groups in total. The van der Waals surface area contributed by atoms with E-state index in [-0.39, 0.29) is 50.1 Å². The molecule has 3 aromatic carbocycles. The van der Waals surface area contributed by atoms with Gasteiger partial charge in [0.2, 0.25) is 23.6 Å². The number of hydrogen-bond donors (Lipinski definition) is 1. The third-order valence-electron chi connectivity index (χ3n) is 10.7. The smallest absolute Gasteiger partial charge is 0.228 e. The molecule has 342 valence electrons. The van der Waals surface area contributed by atoms with Crippen LogP contribution in [0.4, 0.5) is 0 Å². The second kappa shape index (κ2) is 23.4. The van der Waals surface area contributed by atoms with Crippen LogP contribution in [0.25, 0.3) is 22.3 Å². The molecule has 2 saturated heterocycles. The molecular weight excluding hydrogens is 853 g/mol. The fourth-order valence-corrected chi connectivity index (χ4v) is 7.08. The van der Waals surface area contributed by atoms with Gasteiger partial charge in [0.05, 0.1) is 70.2 Å². The predicted molar refractivity (Wildman–Crippen MR) is 247 cm³/mol. The summed E-state index contributed by atoms with van der Waals surface area (Å²) in [6, 6.07) is 40.3. The molecule has 0 saturated carbocycles. The van der Waals surface area contributed by atoms with Crippen LogP contribution in [0, 0.1) is 0 Å². The topological polar surface area (TPSA) is 184 Å². The van der Waals surface area contributed by atoms with E-state index in [2.05, 4.69) is 30.4 Å². The molecule has 0 spiro atoms. The Morgan fingerprint density at radius 2 is 1.07 bits per heavy atom. The maximum absolute atomic E-state index is 12.3. The highest BCUT2D eigenvalue weighted by molar-refractivity contribution is 5.79. The van der Waals surface area contributed by atoms with Crippen molar-refractivity contribution in [2.45, 2.75) is 31.7 Å². The van der Waals surface area contributed by atoms with E-state index in [0.717, 1.165) is 33.6 Å². The Morgan fingerprint density at radius 3 is 1.54 bits per heavy atom. The summed E-state index contributed by atoms with van der Waals surface area (Å²) in [6.45, 7) is 3.94. The van der Waals surface area contributed by atoms with E-state index in [1.54, 1.807) is 58.9 Å². The van der Waals surface area contributed by atoms with Crippen LogP contribution in [0.1, 0.15) is 17.0 Å². The SMILES string of the molecule is O=C(Cc1cccnn1)N1CC(Oc2ccc(-c3cccc(OCCO)c3)cn2)C1.O=C(Cc1cccnn1)N1CC(Oc2ccc(-c3cccc(OCCOCc4ccccc4)c3)cn2)C1. The van der Waals surface area contributed by atoms with Gasteiger partial charge in [0.15, 0.2) is 0 Å². The summed E-state index contributed by atoms with van der Waals surface area (Å²) in [5, 5.41) is 24.4. The maximum Gasteiger partial charge on any atom is 0.228 e. The Labute approximate surface area is 388 Å². The van der Waals surface area contributed by atoms with Gasteiger partial charge in [-0.25, -0.2) is 9.97 Å². The van der Waals surface area contributed by atoms with E-state index in [0.29, 0.717) is 74.9 Å². The molecule has 16 heteroatoms. The fourth-order valence-electron chi connectivity index (χ4n) is 7.08. The summed E-state index contributed by atoms with van der Waals surface area (Å²) in [5.41, 5.74) is 6.35. The Bertz CT molecular complexity index is 2620. The first-order chi connectivity index (χ1) is 32.9. The zero-order chi connectivity index (χ0) is 46.0. The molecular formula is C51H50N8O8. The van der Waals surface area contributed by atoms with E-state index in [1.807, 2.05) is 103 Å². The molecule has 0 bridgehead atoms. The third kappa shape index (κ3) is 13.6. The molecule has 6 heterocycles. The first kappa shape index (κ1) is 45.7. The quantitative estimate of drug-likeness (QED) is 0.0974. The van der Waals surface area contributed by atoms with Crippen molar-refractivity contribution in [2.75, 3.05) is 52.6 Å². The Hall–Kier alpha value is -7.82. The van der Waals surface area contributed by atoms with Crippen molar-refractivity contribution in [1.82, 2.24) is 40.2 Å². The monoisotopic (exact) mass is 902 g/mol. The summed E-state index contributed by atoms with van der Waals surface area (Å²) in [7, 11) is 0. The molecule has 16 nitrogen and oxygen atoms in total. The second-order valence-electron chi connectivity index (χ2n) is 15.6. The van der Waals surface area contributed by atoms with Crippen LogP contribution in [0.5, 0.6) is 23.3 Å². The lowest BCUT2D eigenvalue weighted by atomic mass is 10.1. The minimum atomic E-state index is -0.0654. The number of amides is 2. The lowest BCUT2D eigenvalue weighted by Crippen LogP contribution is -2.56. The Balaban J connectivity index is 0.000000186. The number of aromatic nitrogens is 6. The first-order valence-corrected chi connectivity index (χ1v) is 22.0. The zero-order valence-corrected chi connectivity index (χ0v) is 36.7. The van der Waals surface area contributed by atoms with Crippen molar-refractivity contribution in [3.63, 3.8) is 0 Å². The van der Waals surface area contributed by atoms with Crippen molar-refractivity contribution in [1.29, 1.82) is 0 Å². The highest BCUT2D eigenvalue weighted by Gasteiger charge is 2.33. The molecule has 0 atom stereocenters. The number of aliphatic hydroxyl groups is 1. The van der Waals surface area contributed by atoms with Crippen molar-refractivity contribution in [3.05, 3.63) is 169 Å². The highest BCUT2D eigenvalue weighted by atomic mass is 16.5. The molecule has 67 heavy (non-hydrogen) atoms. The van der Waals surface area contributed by atoms with E-state index in [9.17, 15) is 9.59 Å². The van der Waals surface area contributed by atoms with Crippen LogP contribution in [0.15, 0.2) is 152 Å². The average molecular weight is 903 g/mol. The van der Waals surface area contributed by atoms with E-state index in [1.165, 1.54) is 0 Å². The number of rotatable bonds is 19. The van der Waals surface area contributed by atoms with Crippen LogP contribution in [0.3, 0.4) is 0 Å². The summed E-state index contributed by atoms with van der Waals surface area (Å²) >= 11 is 0. The van der Waals surface area contributed by atoms with Gasteiger partial charge in [-0.3, -0.25) is 9.59 Å². The molecule has 0 unspecified atom stereocenters. The largest absolute Gasteiger partial charge is 0.491 e. The highest BCUT2D eigenvalue weighted by Crippen LogP contribution is 2.27. The summed E-state index contributed by atoms with van der Waals surface area (Å²) in [5.74, 6) is 2.58. The van der Waals surface area contributed by atoms with Gasteiger partial charge in [0.1, 0.15) is 36.9 Å². The van der Waals surface area contributed by atoms with Gasteiger partial charge < -0.3 is 38.6 Å². The normalized spacial score (nSPS) is 13.3. The standard InChI is InChI=1S/C29H28N4O4.C22H22N4O4/c34-29(17-25-9-5-13-31-32-25)33-19-27(20-33)37-28-12-11-24(18-30-28)23-8-4-10-26(16-23)36-15-14-35-21-22-6-2-1-3-7-22;27-9-10-29-19-5-1-3-16(11-19)17-6-7-21(23-13-17)30-20-14-26(15-20)22(28)12-18-4-2-8-24-25-18/h1-13,16,18,27H,14-15,17,19-21H2;1-8,11,13,20,27H,9-10,12,14-15H2. The average Bonchev–Trinajstić information content (AvgIpc) is 3.34. The van der Waals surface area contributed by atoms with Crippen molar-refractivity contribution in [2.24, 2.45) is 0 Å². The summed E-state index contributed by atoms with van der Waals surface area (Å²) < 4.78 is 28.8. The number of carbonyl (C=O) groups is 2. The maximum atomic E-state index is 12.3. The van der Waals surface area contributed by atoms with E-state index in [4.69, 9.17) is 28.8 Å². The molecule has 2 aliphatic heterocycles. The number of likely N-dealkylation sites (tertiary alicyclic amines) is 2. The number of pyridine rings is 2. The number of carbonyl (C=O) groups excluding carboxylic acids is 2. The minimum absolute atomic E-state index is 0.0157. The van der Waals surface area contributed by atoms with Crippen LogP contribution >= 0.6 is 0 Å². The molecule has 0 aliphatic carbocycles. The zero-order valence-electron chi connectivity index (χ0n) is 36.7. The van der Waals surface area contributed by atoms with Crippen molar-refractivity contribution < 1.29 is 38.4 Å². The van der Waals surface area contributed by atoms with Gasteiger partial charge >= 0.3 is 0 Å². The molecule has 7 aromatic rings. The summed E-state index contributed by atoms with van der Waals surface area (Å²) in [6.07, 6.45) is 7.07. The fraction of sp³-hybridized carbons (Fsp3) is 0.255. The van der Waals surface area contributed by atoms with Gasteiger partial charge in [-0.05, 0) is 77.4 Å². The second-order valence-corrected chi connectivity index (χ2v) is 15.6. The van der Waals surface area contributed by atoms with E-state index < -0.39 is 0 Å². The van der Waals surface area contributed by atoms with Gasteiger partial charge in [-0.2, -0.15) is 20.4 Å². The van der Waals surface area contributed by atoms with Crippen molar-refractivity contribution >= 4 is 11.8 Å². The van der Waals surface area contributed by atoms with Gasteiger partial charge in [-0.15, -0.1) is 0 Å². The van der Waals surface area contributed by atoms with Crippen LogP contribution in [-0.2, 0) is 33.8 Å². The Kier molecular flexibility index (Phi) is 16.0. The Morgan fingerprint density at radius 1 is 0.552 bits per heavy atom. The number of nitrogens with zero attached hydrogens (tertiary/aromatic N) is 8. The van der Waals surface area contributed by atoms with Crippen molar-refractivity contribution in [3.8, 4) is 45.5 Å². The molecule has 2 aliphatic rings. The van der Waals surface area contributed by atoms with Gasteiger partial charge in [0, 0.05) is 48.0 Å². The molecule has 2 fully saturated rings. The number of aliphatic hydroxyl groups excluding tert-OH is 1. The first-order valence-electron chi connectivity index (χ1n) is 22.0. The van der Waals surface area contributed by atoms with Crippen LogP contribution < -0.4 is 18.9 Å². The van der Waals surface area contributed by atoms with Crippen LogP contribution in [-0.4, -0.2) is 122 Å². The number of hydrogen-bond acceptors (Lipinski definition) is 14. The summed E-state index contributed by atoms with van der Waals surface area (Å²) in [4.78, 5) is 36.9. The molecule has 9 rings (SSSR count). The van der Waals surface area contributed by atoms with Gasteiger partial charge in [0.25, 0.3) is 0 Å².